The van der Waals surface area contributed by atoms with E-state index in [1.807, 2.05) is 19.1 Å². The lowest BCUT2D eigenvalue weighted by Gasteiger charge is -2.21. The molecule has 24 heavy (non-hydrogen) atoms. The zero-order valence-electron chi connectivity index (χ0n) is 14.7. The lowest BCUT2D eigenvalue weighted by atomic mass is 10.0. The maximum absolute atomic E-state index is 12.3. The molecule has 130 valence electrons. The number of hydrogen-bond donors (Lipinski definition) is 2. The van der Waals surface area contributed by atoms with Crippen molar-refractivity contribution in [2.24, 2.45) is 0 Å². The van der Waals surface area contributed by atoms with E-state index in [9.17, 15) is 9.59 Å². The normalized spacial score (nSPS) is 10.7. The average molecular weight is 331 g/mol. The Morgan fingerprint density at radius 1 is 1.25 bits per heavy atom. The second kappa shape index (κ2) is 7.86. The first kappa shape index (κ1) is 17.8. The summed E-state index contributed by atoms with van der Waals surface area (Å²) in [6.45, 7) is 8.29. The lowest BCUT2D eigenvalue weighted by Crippen LogP contribution is -2.34. The number of benzene rings is 1. The molecule has 1 aromatic heterocycles. The number of urea groups is 1. The standard InChI is InChI=1S/C18H25N3O3/c1-5-21(6-2)13-7-8-14-12(3)15(9-10-20-18(23)19-4)17(22)24-16(14)11-13/h7-8,11H,5-6,9-10H2,1-4H3,(H2,19,20,23). The topological polar surface area (TPSA) is 74.6 Å². The van der Waals surface area contributed by atoms with E-state index in [1.54, 1.807) is 7.05 Å². The van der Waals surface area contributed by atoms with Crippen LogP contribution in [0, 0.1) is 6.92 Å². The minimum Gasteiger partial charge on any atom is -0.422 e. The van der Waals surface area contributed by atoms with Crippen LogP contribution in [0.25, 0.3) is 11.0 Å². The Hall–Kier alpha value is -2.50. The first-order valence-electron chi connectivity index (χ1n) is 8.28. The Morgan fingerprint density at radius 3 is 2.58 bits per heavy atom. The van der Waals surface area contributed by atoms with E-state index < -0.39 is 0 Å². The predicted molar refractivity (Wildman–Crippen MR) is 96.9 cm³/mol. The van der Waals surface area contributed by atoms with Crippen molar-refractivity contribution < 1.29 is 9.21 Å². The average Bonchev–Trinajstić information content (AvgIpc) is 2.58. The molecule has 0 aliphatic rings. The van der Waals surface area contributed by atoms with Gasteiger partial charge in [-0.2, -0.15) is 0 Å². The molecule has 1 heterocycles. The predicted octanol–water partition coefficient (Wildman–Crippen LogP) is 2.42. The zero-order valence-corrected chi connectivity index (χ0v) is 14.7. The summed E-state index contributed by atoms with van der Waals surface area (Å²) in [6.07, 6.45) is 0.440. The molecule has 0 unspecified atom stereocenters. The van der Waals surface area contributed by atoms with Gasteiger partial charge in [-0.05, 0) is 44.9 Å². The summed E-state index contributed by atoms with van der Waals surface area (Å²) >= 11 is 0. The van der Waals surface area contributed by atoms with Crippen LogP contribution in [0.1, 0.15) is 25.0 Å². The fourth-order valence-corrected chi connectivity index (χ4v) is 2.85. The zero-order chi connectivity index (χ0) is 17.7. The molecule has 0 spiro atoms. The van der Waals surface area contributed by atoms with E-state index in [-0.39, 0.29) is 11.7 Å². The van der Waals surface area contributed by atoms with Crippen molar-refractivity contribution in [1.82, 2.24) is 10.6 Å². The van der Waals surface area contributed by atoms with Crippen LogP contribution in [0.15, 0.2) is 27.4 Å². The molecule has 0 saturated heterocycles. The van der Waals surface area contributed by atoms with Crippen molar-refractivity contribution in [3.05, 3.63) is 39.7 Å². The molecule has 2 amide bonds. The molecule has 0 aliphatic heterocycles. The van der Waals surface area contributed by atoms with Crippen LogP contribution in [0.4, 0.5) is 10.5 Å². The second-order valence-electron chi connectivity index (χ2n) is 5.60. The maximum Gasteiger partial charge on any atom is 0.339 e. The largest absolute Gasteiger partial charge is 0.422 e. The highest BCUT2D eigenvalue weighted by Gasteiger charge is 2.13. The highest BCUT2D eigenvalue weighted by atomic mass is 16.4. The maximum atomic E-state index is 12.3. The summed E-state index contributed by atoms with van der Waals surface area (Å²) in [5, 5.41) is 6.10. The van der Waals surface area contributed by atoms with E-state index in [4.69, 9.17) is 4.42 Å². The number of nitrogens with zero attached hydrogens (tertiary/aromatic N) is 1. The van der Waals surface area contributed by atoms with E-state index >= 15 is 0 Å². The molecule has 2 aromatic rings. The van der Waals surface area contributed by atoms with Gasteiger partial charge in [0.1, 0.15) is 5.58 Å². The Morgan fingerprint density at radius 2 is 1.96 bits per heavy atom. The Balaban J connectivity index is 2.34. The molecule has 6 nitrogen and oxygen atoms in total. The van der Waals surface area contributed by atoms with E-state index in [2.05, 4.69) is 35.4 Å². The van der Waals surface area contributed by atoms with Gasteiger partial charge in [-0.3, -0.25) is 0 Å². The van der Waals surface area contributed by atoms with Gasteiger partial charge >= 0.3 is 11.7 Å². The number of carbonyl (C=O) groups excluding carboxylic acids is 1. The van der Waals surface area contributed by atoms with Crippen LogP contribution in [0.5, 0.6) is 0 Å². The van der Waals surface area contributed by atoms with Gasteiger partial charge in [0.25, 0.3) is 0 Å². The second-order valence-corrected chi connectivity index (χ2v) is 5.60. The quantitative estimate of drug-likeness (QED) is 0.797. The molecule has 6 heteroatoms. The highest BCUT2D eigenvalue weighted by molar-refractivity contribution is 5.84. The number of rotatable bonds is 6. The third kappa shape index (κ3) is 3.69. The van der Waals surface area contributed by atoms with Crippen molar-refractivity contribution >= 4 is 22.7 Å². The third-order valence-electron chi connectivity index (χ3n) is 4.29. The van der Waals surface area contributed by atoms with Crippen molar-refractivity contribution in [1.29, 1.82) is 0 Å². The Labute approximate surface area is 141 Å². The number of carbonyl (C=O) groups is 1. The summed E-state index contributed by atoms with van der Waals surface area (Å²) < 4.78 is 5.53. The molecule has 0 atom stereocenters. The number of fused-ring (bicyclic) bond motifs is 1. The van der Waals surface area contributed by atoms with Gasteiger partial charge < -0.3 is 20.0 Å². The van der Waals surface area contributed by atoms with E-state index in [0.717, 1.165) is 29.7 Å². The molecular weight excluding hydrogens is 306 g/mol. The molecule has 0 saturated carbocycles. The first-order valence-corrected chi connectivity index (χ1v) is 8.28. The molecule has 0 fully saturated rings. The highest BCUT2D eigenvalue weighted by Crippen LogP contribution is 2.25. The minimum atomic E-state index is -0.338. The molecule has 2 rings (SSSR count). The van der Waals surface area contributed by atoms with Crippen LogP contribution >= 0.6 is 0 Å². The summed E-state index contributed by atoms with van der Waals surface area (Å²) in [5.74, 6) is 0. The van der Waals surface area contributed by atoms with Crippen molar-refractivity contribution in [3.8, 4) is 0 Å². The van der Waals surface area contributed by atoms with Gasteiger partial charge in [-0.25, -0.2) is 9.59 Å². The summed E-state index contributed by atoms with van der Waals surface area (Å²) in [5.41, 5.74) is 2.82. The molecule has 0 aliphatic carbocycles. The third-order valence-corrected chi connectivity index (χ3v) is 4.29. The molecule has 1 aromatic carbocycles. The summed E-state index contributed by atoms with van der Waals surface area (Å²) in [4.78, 5) is 25.7. The minimum absolute atomic E-state index is 0.262. The monoisotopic (exact) mass is 331 g/mol. The molecule has 2 N–H and O–H groups in total. The van der Waals surface area contributed by atoms with Crippen LogP contribution in [-0.2, 0) is 6.42 Å². The van der Waals surface area contributed by atoms with Crippen molar-refractivity contribution in [3.63, 3.8) is 0 Å². The van der Waals surface area contributed by atoms with Gasteiger partial charge in [0.05, 0.1) is 0 Å². The number of amides is 2. The van der Waals surface area contributed by atoms with E-state index in [1.165, 1.54) is 0 Å². The molecule has 0 bridgehead atoms. The molecular formula is C18H25N3O3. The van der Waals surface area contributed by atoms with Gasteiger partial charge in [-0.1, -0.05) is 0 Å². The number of hydrogen-bond acceptors (Lipinski definition) is 4. The van der Waals surface area contributed by atoms with Gasteiger partial charge in [0.15, 0.2) is 0 Å². The number of aryl methyl sites for hydroxylation is 1. The van der Waals surface area contributed by atoms with Crippen molar-refractivity contribution in [2.45, 2.75) is 27.2 Å². The van der Waals surface area contributed by atoms with Crippen LogP contribution in [0.2, 0.25) is 0 Å². The Kier molecular flexibility index (Phi) is 5.84. The SMILES string of the molecule is CCN(CC)c1ccc2c(C)c(CCNC(=O)NC)c(=O)oc2c1. The fraction of sp³-hybridized carbons (Fsp3) is 0.444. The molecule has 0 radical (unpaired) electrons. The number of nitrogens with one attached hydrogen (secondary N) is 2. The van der Waals surface area contributed by atoms with Crippen molar-refractivity contribution in [2.75, 3.05) is 31.6 Å². The number of anilines is 1. The smallest absolute Gasteiger partial charge is 0.339 e. The van der Waals surface area contributed by atoms with E-state index in [0.29, 0.717) is 24.1 Å². The van der Waals surface area contributed by atoms with Crippen LogP contribution < -0.4 is 21.2 Å². The van der Waals surface area contributed by atoms with Gasteiger partial charge in [0.2, 0.25) is 0 Å². The van der Waals surface area contributed by atoms with Crippen LogP contribution in [-0.4, -0.2) is 32.7 Å². The lowest BCUT2D eigenvalue weighted by molar-refractivity contribution is 0.243. The summed E-state index contributed by atoms with van der Waals surface area (Å²) in [6, 6.07) is 5.71. The van der Waals surface area contributed by atoms with Crippen LogP contribution in [0.3, 0.4) is 0 Å². The fourth-order valence-electron chi connectivity index (χ4n) is 2.85. The van der Waals surface area contributed by atoms with Gasteiger partial charge in [0, 0.05) is 49.4 Å². The first-order chi connectivity index (χ1) is 11.5. The summed E-state index contributed by atoms with van der Waals surface area (Å²) in [7, 11) is 1.55. The Bertz CT molecular complexity index is 779. The van der Waals surface area contributed by atoms with Gasteiger partial charge in [-0.15, -0.1) is 0 Å².